The van der Waals surface area contributed by atoms with E-state index in [9.17, 15) is 19.6 Å². The van der Waals surface area contributed by atoms with Crippen LogP contribution < -0.4 is 9.47 Å². The minimum Gasteiger partial charge on any atom is -0.485 e. The minimum absolute atomic E-state index is 0.130. The lowest BCUT2D eigenvalue weighted by atomic mass is 10.1. The van der Waals surface area contributed by atoms with Crippen LogP contribution in [0, 0.1) is 15.9 Å². The first-order valence-electron chi connectivity index (χ1n) is 8.09. The Bertz CT molecular complexity index is 1010. The second kappa shape index (κ2) is 7.16. The molecule has 0 saturated heterocycles. The van der Waals surface area contributed by atoms with Gasteiger partial charge < -0.3 is 14.6 Å². The highest BCUT2D eigenvalue weighted by atomic mass is 19.1. The number of nitro benzene ring substituents is 1. The predicted molar refractivity (Wildman–Crippen MR) is 96.7 cm³/mol. The summed E-state index contributed by atoms with van der Waals surface area (Å²) in [5, 5.41) is 20.6. The van der Waals surface area contributed by atoms with Crippen molar-refractivity contribution in [3.8, 4) is 17.2 Å². The molecule has 140 valence electrons. The van der Waals surface area contributed by atoms with Gasteiger partial charge >= 0.3 is 0 Å². The van der Waals surface area contributed by atoms with E-state index in [1.54, 1.807) is 38.1 Å². The Morgan fingerprint density at radius 3 is 2.63 bits per heavy atom. The Kier molecular flexibility index (Phi) is 4.91. The van der Waals surface area contributed by atoms with Gasteiger partial charge in [-0.3, -0.25) is 15.1 Å². The van der Waals surface area contributed by atoms with Crippen molar-refractivity contribution in [1.29, 1.82) is 0 Å². The van der Waals surface area contributed by atoms with Gasteiger partial charge in [0.05, 0.1) is 23.1 Å². The summed E-state index contributed by atoms with van der Waals surface area (Å²) in [6.45, 7) is 3.35. The maximum atomic E-state index is 14.1. The molecule has 1 heterocycles. The van der Waals surface area contributed by atoms with Crippen LogP contribution in [-0.4, -0.2) is 27.2 Å². The van der Waals surface area contributed by atoms with E-state index in [0.717, 1.165) is 6.07 Å². The molecular formula is C19H17FN2O5. The van der Waals surface area contributed by atoms with Crippen molar-refractivity contribution >= 4 is 16.6 Å². The van der Waals surface area contributed by atoms with Gasteiger partial charge in [0.15, 0.2) is 11.6 Å². The van der Waals surface area contributed by atoms with Crippen molar-refractivity contribution in [3.63, 3.8) is 0 Å². The molecule has 3 rings (SSSR count). The first-order valence-corrected chi connectivity index (χ1v) is 8.09. The van der Waals surface area contributed by atoms with Crippen LogP contribution in [-0.2, 0) is 0 Å². The van der Waals surface area contributed by atoms with E-state index in [0.29, 0.717) is 22.4 Å². The van der Waals surface area contributed by atoms with Gasteiger partial charge in [-0.1, -0.05) is 0 Å². The number of aliphatic hydroxyl groups excluding tert-OH is 1. The molecule has 3 aromatic rings. The molecule has 0 saturated carbocycles. The number of aliphatic hydroxyl groups is 1. The molecule has 0 spiro atoms. The number of hydrogen-bond donors (Lipinski definition) is 1. The molecule has 1 N–H and O–H groups in total. The Morgan fingerprint density at radius 1 is 1.19 bits per heavy atom. The van der Waals surface area contributed by atoms with Crippen LogP contribution in [0.15, 0.2) is 48.7 Å². The number of non-ortho nitro benzene ring substituents is 1. The predicted octanol–water partition coefficient (Wildman–Crippen LogP) is 4.22. The maximum absolute atomic E-state index is 14.1. The van der Waals surface area contributed by atoms with E-state index in [2.05, 4.69) is 4.98 Å². The zero-order valence-corrected chi connectivity index (χ0v) is 14.7. The lowest BCUT2D eigenvalue weighted by molar-refractivity contribution is -0.385. The number of fused-ring (bicyclic) bond motifs is 1. The molecule has 0 fully saturated rings. The van der Waals surface area contributed by atoms with Crippen LogP contribution in [0.1, 0.15) is 13.8 Å². The van der Waals surface area contributed by atoms with E-state index in [-0.39, 0.29) is 18.0 Å². The first kappa shape index (κ1) is 18.5. The number of aromatic nitrogens is 1. The van der Waals surface area contributed by atoms with Crippen LogP contribution in [0.2, 0.25) is 0 Å². The molecule has 2 aromatic carbocycles. The molecule has 7 nitrogen and oxygen atoms in total. The Labute approximate surface area is 154 Å². The molecule has 0 unspecified atom stereocenters. The number of rotatable bonds is 6. The van der Waals surface area contributed by atoms with E-state index in [4.69, 9.17) is 9.47 Å². The maximum Gasteiger partial charge on any atom is 0.272 e. The second-order valence-electron chi connectivity index (χ2n) is 6.48. The highest BCUT2D eigenvalue weighted by Gasteiger charge is 2.19. The fourth-order valence-corrected chi connectivity index (χ4v) is 2.41. The Morgan fingerprint density at radius 2 is 1.96 bits per heavy atom. The Hall–Kier alpha value is -3.26. The number of hydrogen-bond acceptors (Lipinski definition) is 6. The summed E-state index contributed by atoms with van der Waals surface area (Å²) >= 11 is 0. The van der Waals surface area contributed by atoms with E-state index >= 15 is 0 Å². The summed E-state index contributed by atoms with van der Waals surface area (Å²) in [4.78, 5) is 14.3. The lowest BCUT2D eigenvalue weighted by Crippen LogP contribution is -2.32. The molecule has 0 aliphatic rings. The van der Waals surface area contributed by atoms with Crippen molar-refractivity contribution in [3.05, 3.63) is 64.6 Å². The largest absolute Gasteiger partial charge is 0.485 e. The van der Waals surface area contributed by atoms with Crippen molar-refractivity contribution in [2.24, 2.45) is 0 Å². The van der Waals surface area contributed by atoms with Crippen molar-refractivity contribution < 1.29 is 23.9 Å². The van der Waals surface area contributed by atoms with Gasteiger partial charge in [-0.25, -0.2) is 4.39 Å². The van der Waals surface area contributed by atoms with Crippen LogP contribution in [0.4, 0.5) is 10.1 Å². The topological polar surface area (TPSA) is 94.7 Å². The number of nitrogens with zero attached hydrogens (tertiary/aromatic N) is 2. The molecule has 27 heavy (non-hydrogen) atoms. The highest BCUT2D eigenvalue weighted by molar-refractivity contribution is 5.86. The zero-order chi connectivity index (χ0) is 19.6. The third-order valence-electron chi connectivity index (χ3n) is 3.80. The van der Waals surface area contributed by atoms with Gasteiger partial charge in [0.1, 0.15) is 17.1 Å². The molecule has 0 aliphatic heterocycles. The standard InChI is InChI=1S/C19H17FN2O5/c1-19(2,11-23)27-13-4-5-14-16(10-13)21-8-7-17(14)26-18-6-3-12(22(24)25)9-15(18)20/h3-10,23H,11H2,1-2H3. The fraction of sp³-hybridized carbons (Fsp3) is 0.211. The summed E-state index contributed by atoms with van der Waals surface area (Å²) in [6, 6.07) is 9.85. The normalized spacial score (nSPS) is 11.4. The van der Waals surface area contributed by atoms with E-state index in [1.165, 1.54) is 18.3 Å². The van der Waals surface area contributed by atoms with Gasteiger partial charge in [-0.15, -0.1) is 0 Å². The third-order valence-corrected chi connectivity index (χ3v) is 3.80. The van der Waals surface area contributed by atoms with Crippen molar-refractivity contribution in [2.45, 2.75) is 19.4 Å². The Balaban J connectivity index is 1.93. The molecular weight excluding hydrogens is 355 g/mol. The van der Waals surface area contributed by atoms with Crippen LogP contribution >= 0.6 is 0 Å². The fourth-order valence-electron chi connectivity index (χ4n) is 2.41. The number of ether oxygens (including phenoxy) is 2. The number of nitro groups is 1. The zero-order valence-electron chi connectivity index (χ0n) is 14.7. The first-order chi connectivity index (χ1) is 12.8. The van der Waals surface area contributed by atoms with Gasteiger partial charge in [-0.05, 0) is 38.1 Å². The molecule has 8 heteroatoms. The average molecular weight is 372 g/mol. The van der Waals surface area contributed by atoms with Gasteiger partial charge in [0.2, 0.25) is 0 Å². The van der Waals surface area contributed by atoms with Crippen molar-refractivity contribution in [1.82, 2.24) is 4.98 Å². The minimum atomic E-state index is -0.834. The van der Waals surface area contributed by atoms with Crippen LogP contribution in [0.25, 0.3) is 10.9 Å². The van der Waals surface area contributed by atoms with Gasteiger partial charge in [0.25, 0.3) is 5.69 Å². The second-order valence-corrected chi connectivity index (χ2v) is 6.48. The molecule has 0 aliphatic carbocycles. The quantitative estimate of drug-likeness (QED) is 0.514. The van der Waals surface area contributed by atoms with Crippen LogP contribution in [0.3, 0.4) is 0 Å². The summed E-state index contributed by atoms with van der Waals surface area (Å²) in [6.07, 6.45) is 1.50. The number of halogens is 1. The molecule has 0 amide bonds. The van der Waals surface area contributed by atoms with E-state index in [1.807, 2.05) is 0 Å². The SMILES string of the molecule is CC(C)(CO)Oc1ccc2c(Oc3ccc([N+](=O)[O-])cc3F)ccnc2c1. The number of benzene rings is 2. The van der Waals surface area contributed by atoms with Gasteiger partial charge in [-0.2, -0.15) is 0 Å². The lowest BCUT2D eigenvalue weighted by Gasteiger charge is -2.24. The third kappa shape index (κ3) is 4.12. The van der Waals surface area contributed by atoms with Crippen molar-refractivity contribution in [2.75, 3.05) is 6.61 Å². The molecule has 1 aromatic heterocycles. The van der Waals surface area contributed by atoms with E-state index < -0.39 is 16.3 Å². The summed E-state index contributed by atoms with van der Waals surface area (Å²) in [7, 11) is 0. The van der Waals surface area contributed by atoms with Crippen LogP contribution in [0.5, 0.6) is 17.2 Å². The highest BCUT2D eigenvalue weighted by Crippen LogP contribution is 2.33. The number of pyridine rings is 1. The summed E-state index contributed by atoms with van der Waals surface area (Å²) in [5.74, 6) is -0.0953. The molecule has 0 bridgehead atoms. The molecule has 0 atom stereocenters. The summed E-state index contributed by atoms with van der Waals surface area (Å²) in [5.41, 5.74) is -0.544. The summed E-state index contributed by atoms with van der Waals surface area (Å²) < 4.78 is 25.4. The molecule has 0 radical (unpaired) electrons. The van der Waals surface area contributed by atoms with Gasteiger partial charge in [0, 0.05) is 23.7 Å². The smallest absolute Gasteiger partial charge is 0.272 e. The monoisotopic (exact) mass is 372 g/mol. The average Bonchev–Trinajstić information content (AvgIpc) is 2.63.